The van der Waals surface area contributed by atoms with Gasteiger partial charge in [0, 0.05) is 11.6 Å². The highest BCUT2D eigenvalue weighted by atomic mass is 28.5. The van der Waals surface area contributed by atoms with Crippen molar-refractivity contribution in [1.82, 2.24) is 0 Å². The van der Waals surface area contributed by atoms with Gasteiger partial charge >= 0.3 is 20.7 Å². The summed E-state index contributed by atoms with van der Waals surface area (Å²) < 4.78 is 29.9. The predicted octanol–water partition coefficient (Wildman–Crippen LogP) is 4.92. The van der Waals surface area contributed by atoms with Gasteiger partial charge in [-0.3, -0.25) is 4.79 Å². The van der Waals surface area contributed by atoms with Crippen LogP contribution >= 0.6 is 0 Å². The van der Waals surface area contributed by atoms with Crippen molar-refractivity contribution in [3.63, 3.8) is 0 Å². The maximum absolute atomic E-state index is 12.0. The van der Waals surface area contributed by atoms with Crippen molar-refractivity contribution < 1.29 is 31.4 Å². The molecular formula is C19H42O7Si4. The molecule has 0 saturated heterocycles. The molecule has 0 aliphatic heterocycles. The zero-order valence-electron chi connectivity index (χ0n) is 20.6. The molecule has 0 aromatic carbocycles. The van der Waals surface area contributed by atoms with E-state index in [0.29, 0.717) is 12.5 Å². The monoisotopic (exact) mass is 494 g/mol. The van der Waals surface area contributed by atoms with Gasteiger partial charge in [0.25, 0.3) is 0 Å². The van der Waals surface area contributed by atoms with Crippen LogP contribution in [-0.4, -0.2) is 58.9 Å². The maximum Gasteiger partial charge on any atom is 0.469 e. The number of carbonyl (C=O) groups excluding carboxylic acids is 2. The van der Waals surface area contributed by atoms with Crippen molar-refractivity contribution in [2.45, 2.75) is 84.7 Å². The summed E-state index contributed by atoms with van der Waals surface area (Å²) in [6, 6.07) is 0.595. The standard InChI is InChI=1S/C19H42O7Si4/c1-12-22-19(21)17(2)16-18(20)23-14-13-15-30(24-27(3,4)5,25-28(6,7)8)26-29(9,10)11/h2,12-16H2,1,3-11H3. The highest BCUT2D eigenvalue weighted by Crippen LogP contribution is 2.29. The van der Waals surface area contributed by atoms with Crippen LogP contribution in [0.2, 0.25) is 65.0 Å². The zero-order valence-corrected chi connectivity index (χ0v) is 24.6. The molecule has 0 spiro atoms. The molecular weight excluding hydrogens is 453 g/mol. The van der Waals surface area contributed by atoms with Crippen molar-refractivity contribution in [1.29, 1.82) is 0 Å². The van der Waals surface area contributed by atoms with Gasteiger partial charge in [-0.1, -0.05) is 6.58 Å². The molecule has 0 atom stereocenters. The van der Waals surface area contributed by atoms with Crippen LogP contribution in [0.25, 0.3) is 0 Å². The summed E-state index contributed by atoms with van der Waals surface area (Å²) in [5.74, 6) is -1.07. The van der Waals surface area contributed by atoms with Gasteiger partial charge in [0.05, 0.1) is 19.6 Å². The lowest BCUT2D eigenvalue weighted by atomic mass is 10.2. The van der Waals surface area contributed by atoms with Crippen LogP contribution in [-0.2, 0) is 31.4 Å². The molecule has 30 heavy (non-hydrogen) atoms. The van der Waals surface area contributed by atoms with Crippen LogP contribution in [0.3, 0.4) is 0 Å². The van der Waals surface area contributed by atoms with Crippen LogP contribution in [0.5, 0.6) is 0 Å². The van der Waals surface area contributed by atoms with Gasteiger partial charge in [-0.15, -0.1) is 0 Å². The number of carbonyl (C=O) groups is 2. The largest absolute Gasteiger partial charge is 0.469 e. The average molecular weight is 495 g/mol. The third-order valence-corrected chi connectivity index (χ3v) is 15.2. The number of esters is 2. The van der Waals surface area contributed by atoms with Crippen LogP contribution < -0.4 is 0 Å². The molecule has 0 saturated carbocycles. The Balaban J connectivity index is 5.09. The summed E-state index contributed by atoms with van der Waals surface area (Å²) in [5, 5.41) is 0. The molecule has 0 aliphatic rings. The van der Waals surface area contributed by atoms with Gasteiger partial charge in [-0.2, -0.15) is 0 Å². The molecule has 0 unspecified atom stereocenters. The average Bonchev–Trinajstić information content (AvgIpc) is 2.46. The first kappa shape index (κ1) is 29.4. The van der Waals surface area contributed by atoms with E-state index in [1.807, 2.05) is 0 Å². The Morgan fingerprint density at radius 3 is 1.57 bits per heavy atom. The second kappa shape index (κ2) is 11.9. The highest BCUT2D eigenvalue weighted by molar-refractivity contribution is 6.90. The fraction of sp³-hybridized carbons (Fsp3) is 0.789. The van der Waals surface area contributed by atoms with Gasteiger partial charge in [0.15, 0.2) is 25.0 Å². The summed E-state index contributed by atoms with van der Waals surface area (Å²) in [6.07, 6.45) is 0.396. The predicted molar refractivity (Wildman–Crippen MR) is 130 cm³/mol. The van der Waals surface area contributed by atoms with Crippen molar-refractivity contribution in [3.05, 3.63) is 12.2 Å². The fourth-order valence-electron chi connectivity index (χ4n) is 2.62. The SMILES string of the molecule is C=C(CC(=O)OCCC[Si](O[Si](C)(C)C)(O[Si](C)(C)C)O[Si](C)(C)C)C(=O)OCC. The van der Waals surface area contributed by atoms with Crippen LogP contribution in [0, 0.1) is 0 Å². The van der Waals surface area contributed by atoms with E-state index in [4.69, 9.17) is 21.8 Å². The Morgan fingerprint density at radius 2 is 1.20 bits per heavy atom. The van der Waals surface area contributed by atoms with E-state index in [0.717, 1.165) is 0 Å². The van der Waals surface area contributed by atoms with Crippen LogP contribution in [0.4, 0.5) is 0 Å². The Labute approximate surface area is 187 Å². The van der Waals surface area contributed by atoms with Crippen molar-refractivity contribution in [3.8, 4) is 0 Å². The first-order chi connectivity index (χ1) is 13.4. The minimum absolute atomic E-state index is 0.0942. The molecule has 0 aliphatic carbocycles. The van der Waals surface area contributed by atoms with Gasteiger partial charge in [-0.25, -0.2) is 4.79 Å². The second-order valence-corrected chi connectivity index (χ2v) is 27.1. The Morgan fingerprint density at radius 1 is 0.767 bits per heavy atom. The first-order valence-corrected chi connectivity index (χ1v) is 22.6. The Kier molecular flexibility index (Phi) is 11.7. The lowest BCUT2D eigenvalue weighted by molar-refractivity contribution is -0.146. The molecule has 11 heteroatoms. The number of hydrogen-bond acceptors (Lipinski definition) is 7. The number of ether oxygens (including phenoxy) is 2. The van der Waals surface area contributed by atoms with E-state index in [1.54, 1.807) is 6.92 Å². The minimum Gasteiger partial charge on any atom is -0.465 e. The summed E-state index contributed by atoms with van der Waals surface area (Å²) in [4.78, 5) is 23.6. The molecule has 0 rings (SSSR count). The fourth-order valence-corrected chi connectivity index (χ4v) is 17.2. The van der Waals surface area contributed by atoms with Gasteiger partial charge < -0.3 is 21.8 Å². The lowest BCUT2D eigenvalue weighted by Crippen LogP contribution is -2.60. The van der Waals surface area contributed by atoms with E-state index in [1.165, 1.54) is 0 Å². The summed E-state index contributed by atoms with van der Waals surface area (Å²) in [6.45, 7) is 25.0. The zero-order chi connectivity index (χ0) is 23.8. The van der Waals surface area contributed by atoms with Gasteiger partial charge in [0.2, 0.25) is 0 Å². The number of rotatable bonds is 14. The molecule has 0 aromatic heterocycles. The van der Waals surface area contributed by atoms with E-state index < -0.39 is 45.7 Å². The second-order valence-electron chi connectivity index (χ2n) is 10.2. The van der Waals surface area contributed by atoms with Crippen molar-refractivity contribution in [2.24, 2.45) is 0 Å². The molecule has 0 aromatic rings. The molecule has 0 heterocycles. The Bertz CT molecular complexity index is 548. The summed E-state index contributed by atoms with van der Waals surface area (Å²) in [7, 11) is -8.73. The maximum atomic E-state index is 12.0. The first-order valence-electron chi connectivity index (χ1n) is 10.5. The van der Waals surface area contributed by atoms with Crippen molar-refractivity contribution >= 4 is 45.7 Å². The van der Waals surface area contributed by atoms with E-state index in [-0.39, 0.29) is 25.2 Å². The topological polar surface area (TPSA) is 80.3 Å². The molecule has 176 valence electrons. The molecule has 7 nitrogen and oxygen atoms in total. The molecule has 0 N–H and O–H groups in total. The third kappa shape index (κ3) is 14.4. The van der Waals surface area contributed by atoms with E-state index in [2.05, 4.69) is 65.5 Å². The highest BCUT2D eigenvalue weighted by Gasteiger charge is 2.49. The normalized spacial score (nSPS) is 13.1. The minimum atomic E-state index is -2.93. The summed E-state index contributed by atoms with van der Waals surface area (Å²) in [5.41, 5.74) is 0.0942. The lowest BCUT2D eigenvalue weighted by Gasteiger charge is -2.42. The molecule has 0 amide bonds. The molecule has 0 fully saturated rings. The van der Waals surface area contributed by atoms with E-state index in [9.17, 15) is 9.59 Å². The van der Waals surface area contributed by atoms with Gasteiger partial charge in [-0.05, 0) is 72.3 Å². The smallest absolute Gasteiger partial charge is 0.465 e. The van der Waals surface area contributed by atoms with Gasteiger partial charge in [0.1, 0.15) is 0 Å². The summed E-state index contributed by atoms with van der Waals surface area (Å²) >= 11 is 0. The number of hydrogen-bond donors (Lipinski definition) is 0. The third-order valence-electron chi connectivity index (χ3n) is 3.20. The van der Waals surface area contributed by atoms with Crippen LogP contribution in [0.1, 0.15) is 19.8 Å². The molecule has 0 radical (unpaired) electrons. The van der Waals surface area contributed by atoms with E-state index >= 15 is 0 Å². The Hall–Kier alpha value is -0.572. The quantitative estimate of drug-likeness (QED) is 0.147. The molecule has 0 bridgehead atoms. The van der Waals surface area contributed by atoms with Crippen molar-refractivity contribution in [2.75, 3.05) is 13.2 Å². The van der Waals surface area contributed by atoms with Crippen LogP contribution in [0.15, 0.2) is 12.2 Å².